The highest BCUT2D eigenvalue weighted by atomic mass is 19.0. The molecule has 0 heterocycles. The van der Waals surface area contributed by atoms with Crippen molar-refractivity contribution in [2.24, 2.45) is 0 Å². The monoisotopic (exact) mass is 263 g/mol. The summed E-state index contributed by atoms with van der Waals surface area (Å²) in [5.74, 6) is 0. The minimum Gasteiger partial charge on any atom is -0.398 e. The molecule has 0 amide bonds. The van der Waals surface area contributed by atoms with Gasteiger partial charge in [-0.3, -0.25) is 4.70 Å². The van der Waals surface area contributed by atoms with Crippen LogP contribution in [0, 0.1) is 0 Å². The first-order valence-corrected chi connectivity index (χ1v) is 6.43. The molecule has 0 bridgehead atoms. The van der Waals surface area contributed by atoms with Crippen LogP contribution >= 0.6 is 0 Å². The molecule has 0 aliphatic carbocycles. The van der Waals surface area contributed by atoms with Gasteiger partial charge in [0.05, 0.1) is 0 Å². The predicted molar refractivity (Wildman–Crippen MR) is 85.9 cm³/mol. The van der Waals surface area contributed by atoms with E-state index in [0.717, 1.165) is 11.1 Å². The Kier molecular flexibility index (Phi) is 2.79. The summed E-state index contributed by atoms with van der Waals surface area (Å²) < 4.78 is 0. The molecule has 0 aliphatic heterocycles. The van der Waals surface area contributed by atoms with E-state index in [4.69, 9.17) is 5.73 Å². The van der Waals surface area contributed by atoms with Crippen molar-refractivity contribution in [1.82, 2.24) is 0 Å². The minimum absolute atomic E-state index is 0. The fraction of sp³-hybridized carbons (Fsp3) is 0. The van der Waals surface area contributed by atoms with Gasteiger partial charge in [-0.2, -0.15) is 0 Å². The van der Waals surface area contributed by atoms with Gasteiger partial charge in [0.25, 0.3) is 0 Å². The van der Waals surface area contributed by atoms with Crippen molar-refractivity contribution in [2.45, 2.75) is 0 Å². The number of benzene rings is 4. The Morgan fingerprint density at radius 3 is 2.00 bits per heavy atom. The van der Waals surface area contributed by atoms with E-state index in [-0.39, 0.29) is 4.70 Å². The normalized spacial score (nSPS) is 10.8. The molecule has 0 aliphatic rings. The molecule has 20 heavy (non-hydrogen) atoms. The van der Waals surface area contributed by atoms with Gasteiger partial charge in [0.1, 0.15) is 0 Å². The average Bonchev–Trinajstić information content (AvgIpc) is 2.47. The van der Waals surface area contributed by atoms with E-state index in [1.54, 1.807) is 0 Å². The summed E-state index contributed by atoms with van der Waals surface area (Å²) in [5, 5.41) is 7.48. The summed E-state index contributed by atoms with van der Waals surface area (Å²) in [7, 11) is 0. The molecule has 2 heteroatoms. The number of hydrogen-bond donors (Lipinski definition) is 1. The van der Waals surface area contributed by atoms with E-state index in [9.17, 15) is 0 Å². The summed E-state index contributed by atoms with van der Waals surface area (Å²) >= 11 is 0. The highest BCUT2D eigenvalue weighted by molar-refractivity contribution is 6.18. The van der Waals surface area contributed by atoms with Gasteiger partial charge in [0, 0.05) is 11.1 Å². The molecule has 0 aromatic heterocycles. The molecule has 2 N–H and O–H groups in total. The fourth-order valence-corrected chi connectivity index (χ4v) is 2.88. The van der Waals surface area contributed by atoms with Crippen LogP contribution in [-0.2, 0) is 0 Å². The quantitative estimate of drug-likeness (QED) is 0.355. The van der Waals surface area contributed by atoms with Crippen molar-refractivity contribution in [2.75, 3.05) is 5.73 Å². The van der Waals surface area contributed by atoms with Crippen LogP contribution < -0.4 is 5.73 Å². The van der Waals surface area contributed by atoms with Gasteiger partial charge in [-0.1, -0.05) is 60.7 Å². The van der Waals surface area contributed by atoms with Gasteiger partial charge in [0.2, 0.25) is 0 Å². The first kappa shape index (κ1) is 12.4. The third-order valence-electron chi connectivity index (χ3n) is 3.82. The lowest BCUT2D eigenvalue weighted by molar-refractivity contribution is 1.11. The van der Waals surface area contributed by atoms with Crippen molar-refractivity contribution < 1.29 is 4.70 Å². The highest BCUT2D eigenvalue weighted by Gasteiger charge is 2.05. The smallest absolute Gasteiger partial charge is 0.0393 e. The average molecular weight is 263 g/mol. The minimum atomic E-state index is 0. The van der Waals surface area contributed by atoms with Crippen molar-refractivity contribution in [1.29, 1.82) is 0 Å². The molecule has 0 saturated heterocycles. The molecule has 0 saturated carbocycles. The second-order valence-electron chi connectivity index (χ2n) is 4.89. The third kappa shape index (κ3) is 1.62. The Morgan fingerprint density at radius 2 is 1.10 bits per heavy atom. The molecule has 0 radical (unpaired) electrons. The number of nitrogens with two attached hydrogens (primary N) is 1. The third-order valence-corrected chi connectivity index (χ3v) is 3.82. The summed E-state index contributed by atoms with van der Waals surface area (Å²) in [6.07, 6.45) is 0. The molecule has 1 nitrogen and oxygen atoms in total. The molecule has 4 aromatic carbocycles. The van der Waals surface area contributed by atoms with Crippen molar-refractivity contribution in [3.05, 3.63) is 66.7 Å². The Labute approximate surface area is 116 Å². The Morgan fingerprint density at radius 1 is 0.500 bits per heavy atom. The zero-order chi connectivity index (χ0) is 12.8. The van der Waals surface area contributed by atoms with Crippen molar-refractivity contribution >= 4 is 38.0 Å². The highest BCUT2D eigenvalue weighted by Crippen LogP contribution is 2.32. The maximum atomic E-state index is 6.06. The molecule has 0 atom stereocenters. The summed E-state index contributed by atoms with van der Waals surface area (Å²) in [6, 6.07) is 23.3. The first-order chi connectivity index (χ1) is 9.34. The maximum Gasteiger partial charge on any atom is 0.0393 e. The van der Waals surface area contributed by atoms with Crippen molar-refractivity contribution in [3.63, 3.8) is 0 Å². The summed E-state index contributed by atoms with van der Waals surface area (Å²) in [6.45, 7) is 0. The molecular weight excluding hydrogens is 249 g/mol. The zero-order valence-corrected chi connectivity index (χ0v) is 10.8. The second kappa shape index (κ2) is 4.49. The van der Waals surface area contributed by atoms with E-state index in [1.807, 2.05) is 12.1 Å². The first-order valence-electron chi connectivity index (χ1n) is 6.43. The van der Waals surface area contributed by atoms with Crippen LogP contribution in [0.1, 0.15) is 0 Å². The molecule has 0 unspecified atom stereocenters. The summed E-state index contributed by atoms with van der Waals surface area (Å²) in [4.78, 5) is 0. The molecule has 98 valence electrons. The topological polar surface area (TPSA) is 26.0 Å². The van der Waals surface area contributed by atoms with Crippen LogP contribution in [0.3, 0.4) is 0 Å². The molecule has 4 rings (SSSR count). The van der Waals surface area contributed by atoms with E-state index < -0.39 is 0 Å². The Balaban J connectivity index is 0.00000121. The van der Waals surface area contributed by atoms with E-state index in [0.29, 0.717) is 0 Å². The lowest BCUT2D eigenvalue weighted by Crippen LogP contribution is -1.87. The van der Waals surface area contributed by atoms with E-state index in [1.165, 1.54) is 26.9 Å². The van der Waals surface area contributed by atoms with E-state index in [2.05, 4.69) is 54.6 Å². The number of anilines is 1. The van der Waals surface area contributed by atoms with E-state index >= 15 is 0 Å². The SMILES string of the molecule is F.Nc1cccc2c1ccc1c3ccccc3ccc21. The Bertz CT molecular complexity index is 928. The van der Waals surface area contributed by atoms with Crippen LogP contribution in [0.25, 0.3) is 32.3 Å². The summed E-state index contributed by atoms with van der Waals surface area (Å²) in [5.41, 5.74) is 6.90. The van der Waals surface area contributed by atoms with Gasteiger partial charge in [-0.25, -0.2) is 0 Å². The maximum absolute atomic E-state index is 6.06. The van der Waals surface area contributed by atoms with Gasteiger partial charge in [-0.05, 0) is 33.0 Å². The Hall–Kier alpha value is -2.61. The number of hydrogen-bond acceptors (Lipinski definition) is 1. The molecule has 4 aromatic rings. The van der Waals surface area contributed by atoms with Gasteiger partial charge in [0.15, 0.2) is 0 Å². The number of nitrogen functional groups attached to an aromatic ring is 1. The standard InChI is InChI=1S/C18H13N.FH/c19-18-7-3-6-14-16-9-8-12-4-1-2-5-13(12)15(16)10-11-17(14)18;/h1-11H,19H2;1H. The van der Waals surface area contributed by atoms with Crippen LogP contribution in [0.4, 0.5) is 10.4 Å². The number of rotatable bonds is 0. The van der Waals surface area contributed by atoms with Crippen LogP contribution in [0.2, 0.25) is 0 Å². The van der Waals surface area contributed by atoms with Crippen LogP contribution in [-0.4, -0.2) is 0 Å². The largest absolute Gasteiger partial charge is 0.398 e. The fourth-order valence-electron chi connectivity index (χ4n) is 2.88. The molecule has 0 fully saturated rings. The molecule has 0 spiro atoms. The number of halogens is 1. The van der Waals surface area contributed by atoms with Crippen LogP contribution in [0.15, 0.2) is 66.7 Å². The lowest BCUT2D eigenvalue weighted by atomic mass is 9.96. The van der Waals surface area contributed by atoms with Gasteiger partial charge in [-0.15, -0.1) is 0 Å². The van der Waals surface area contributed by atoms with Crippen LogP contribution in [0.5, 0.6) is 0 Å². The molecular formula is C18H14FN. The lowest BCUT2D eigenvalue weighted by Gasteiger charge is -2.08. The van der Waals surface area contributed by atoms with Gasteiger partial charge < -0.3 is 5.73 Å². The van der Waals surface area contributed by atoms with Gasteiger partial charge >= 0.3 is 0 Å². The van der Waals surface area contributed by atoms with Crippen molar-refractivity contribution in [3.8, 4) is 0 Å². The predicted octanol–water partition coefficient (Wildman–Crippen LogP) is 4.88. The number of fused-ring (bicyclic) bond motifs is 5. The zero-order valence-electron chi connectivity index (χ0n) is 10.8. The second-order valence-corrected chi connectivity index (χ2v) is 4.89.